The van der Waals surface area contributed by atoms with Gasteiger partial charge in [0.05, 0.1) is 30.9 Å². The van der Waals surface area contributed by atoms with Crippen LogP contribution in [0.4, 0.5) is 0 Å². The van der Waals surface area contributed by atoms with Gasteiger partial charge in [-0.1, -0.05) is 31.2 Å². The van der Waals surface area contributed by atoms with Crippen LogP contribution < -0.4 is 9.47 Å². The topological polar surface area (TPSA) is 113 Å². The molecule has 0 aromatic heterocycles. The van der Waals surface area contributed by atoms with Crippen molar-refractivity contribution < 1.29 is 34.1 Å². The zero-order valence-corrected chi connectivity index (χ0v) is 20.5. The van der Waals surface area contributed by atoms with E-state index in [1.54, 1.807) is 60.7 Å². The van der Waals surface area contributed by atoms with E-state index in [2.05, 4.69) is 0 Å². The number of likely N-dealkylation sites (tertiary alicyclic amines) is 1. The predicted molar refractivity (Wildman–Crippen MR) is 136 cm³/mol. The summed E-state index contributed by atoms with van der Waals surface area (Å²) < 4.78 is 10.8. The number of ketones is 1. The highest BCUT2D eigenvalue weighted by Gasteiger charge is 2.46. The summed E-state index contributed by atoms with van der Waals surface area (Å²) in [6, 6.07) is 18.8. The number of carbonyl (C=O) groups is 3. The van der Waals surface area contributed by atoms with Crippen LogP contribution in [0.25, 0.3) is 5.76 Å². The number of aromatic carboxylic acids is 1. The Balaban J connectivity index is 1.76. The quantitative estimate of drug-likeness (QED) is 0.246. The first-order valence-electron chi connectivity index (χ1n) is 11.8. The summed E-state index contributed by atoms with van der Waals surface area (Å²) in [5.74, 6) is -1.66. The van der Waals surface area contributed by atoms with Crippen molar-refractivity contribution in [2.45, 2.75) is 25.9 Å². The fraction of sp³-hybridized carbons (Fsp3) is 0.207. The Bertz CT molecular complexity index is 1330. The third-order valence-electron chi connectivity index (χ3n) is 6.13. The number of hydrogen-bond acceptors (Lipinski definition) is 6. The molecule has 1 amide bonds. The number of aliphatic hydroxyl groups excluding tert-OH is 1. The number of benzene rings is 3. The summed E-state index contributed by atoms with van der Waals surface area (Å²) in [5, 5.41) is 20.4. The van der Waals surface area contributed by atoms with Crippen molar-refractivity contribution >= 4 is 23.4 Å². The van der Waals surface area contributed by atoms with Gasteiger partial charge in [0.25, 0.3) is 11.7 Å². The van der Waals surface area contributed by atoms with E-state index < -0.39 is 23.7 Å². The molecule has 0 spiro atoms. The molecule has 37 heavy (non-hydrogen) atoms. The molecule has 0 saturated carbocycles. The van der Waals surface area contributed by atoms with E-state index in [0.717, 1.165) is 6.42 Å². The van der Waals surface area contributed by atoms with Crippen LogP contribution in [0, 0.1) is 0 Å². The molecule has 1 atom stereocenters. The van der Waals surface area contributed by atoms with Crippen LogP contribution in [0.15, 0.2) is 78.4 Å². The summed E-state index contributed by atoms with van der Waals surface area (Å²) in [7, 11) is 1.54. The standard InChI is InChI=1S/C29H27NO7/c1-3-16-37-23-14-10-20(11-15-23)26(31)24-25(19-8-12-22(36-2)13-9-19)30(28(33)27(24)32)17-18-4-6-21(7-5-18)29(34)35/h4-15,25,31H,3,16-17H2,1-2H3,(H,34,35)/b26-24+. The van der Waals surface area contributed by atoms with Gasteiger partial charge in [0.2, 0.25) is 0 Å². The first-order chi connectivity index (χ1) is 17.8. The molecule has 0 bridgehead atoms. The van der Waals surface area contributed by atoms with E-state index in [9.17, 15) is 24.6 Å². The zero-order chi connectivity index (χ0) is 26.5. The average molecular weight is 502 g/mol. The Hall–Kier alpha value is -4.59. The number of carboxylic acids is 1. The van der Waals surface area contributed by atoms with Gasteiger partial charge in [0.1, 0.15) is 17.3 Å². The molecule has 1 saturated heterocycles. The van der Waals surface area contributed by atoms with Crippen LogP contribution in [0.2, 0.25) is 0 Å². The van der Waals surface area contributed by atoms with Gasteiger partial charge in [-0.3, -0.25) is 9.59 Å². The van der Waals surface area contributed by atoms with Crippen LogP contribution in [-0.2, 0) is 16.1 Å². The van der Waals surface area contributed by atoms with Crippen molar-refractivity contribution in [2.24, 2.45) is 0 Å². The highest BCUT2D eigenvalue weighted by Crippen LogP contribution is 2.40. The molecule has 3 aromatic carbocycles. The normalized spacial score (nSPS) is 16.6. The number of hydrogen-bond donors (Lipinski definition) is 2. The minimum absolute atomic E-state index is 0.0282. The molecule has 0 radical (unpaired) electrons. The summed E-state index contributed by atoms with van der Waals surface area (Å²) in [5.41, 5.74) is 1.73. The Morgan fingerprint density at radius 1 is 0.865 bits per heavy atom. The molecule has 4 rings (SSSR count). The second kappa shape index (κ2) is 11.0. The van der Waals surface area contributed by atoms with Gasteiger partial charge in [0.15, 0.2) is 0 Å². The van der Waals surface area contributed by atoms with Crippen LogP contribution in [0.5, 0.6) is 11.5 Å². The number of aliphatic hydroxyl groups is 1. The Kier molecular flexibility index (Phi) is 7.57. The lowest BCUT2D eigenvalue weighted by Crippen LogP contribution is -2.29. The molecule has 3 aromatic rings. The SMILES string of the molecule is CCCOc1ccc(/C(O)=C2\C(=O)C(=O)N(Cc3ccc(C(=O)O)cc3)C2c2ccc(OC)cc2)cc1. The van der Waals surface area contributed by atoms with Gasteiger partial charge in [-0.15, -0.1) is 0 Å². The van der Waals surface area contributed by atoms with Gasteiger partial charge in [-0.25, -0.2) is 4.79 Å². The van der Waals surface area contributed by atoms with Gasteiger partial charge < -0.3 is 24.6 Å². The first-order valence-corrected chi connectivity index (χ1v) is 11.8. The fourth-order valence-electron chi connectivity index (χ4n) is 4.21. The lowest BCUT2D eigenvalue weighted by molar-refractivity contribution is -0.140. The van der Waals surface area contributed by atoms with E-state index in [1.165, 1.54) is 24.1 Å². The molecule has 1 aliphatic heterocycles. The zero-order valence-electron chi connectivity index (χ0n) is 20.5. The van der Waals surface area contributed by atoms with Gasteiger partial charge >= 0.3 is 5.97 Å². The number of carbonyl (C=O) groups excluding carboxylic acids is 2. The second-order valence-corrected chi connectivity index (χ2v) is 8.58. The molecule has 1 heterocycles. The van der Waals surface area contributed by atoms with Gasteiger partial charge in [0, 0.05) is 12.1 Å². The maximum atomic E-state index is 13.2. The van der Waals surface area contributed by atoms with Crippen molar-refractivity contribution in [3.8, 4) is 11.5 Å². The van der Waals surface area contributed by atoms with Crippen LogP contribution in [0.1, 0.15) is 46.4 Å². The maximum absolute atomic E-state index is 13.2. The summed E-state index contributed by atoms with van der Waals surface area (Å²) >= 11 is 0. The minimum atomic E-state index is -1.06. The van der Waals surface area contributed by atoms with Crippen LogP contribution in [0.3, 0.4) is 0 Å². The minimum Gasteiger partial charge on any atom is -0.507 e. The molecule has 1 fully saturated rings. The van der Waals surface area contributed by atoms with E-state index in [4.69, 9.17) is 9.47 Å². The third-order valence-corrected chi connectivity index (χ3v) is 6.13. The fourth-order valence-corrected chi connectivity index (χ4v) is 4.21. The molecule has 8 nitrogen and oxygen atoms in total. The largest absolute Gasteiger partial charge is 0.507 e. The first kappa shape index (κ1) is 25.5. The molecule has 0 aliphatic carbocycles. The highest BCUT2D eigenvalue weighted by atomic mass is 16.5. The second-order valence-electron chi connectivity index (χ2n) is 8.58. The predicted octanol–water partition coefficient (Wildman–Crippen LogP) is 4.80. The molecule has 2 N–H and O–H groups in total. The smallest absolute Gasteiger partial charge is 0.335 e. The van der Waals surface area contributed by atoms with E-state index in [-0.39, 0.29) is 23.4 Å². The number of ether oxygens (including phenoxy) is 2. The summed E-state index contributed by atoms with van der Waals surface area (Å²) in [6.07, 6.45) is 0.853. The van der Waals surface area contributed by atoms with E-state index in [1.807, 2.05) is 6.92 Å². The Morgan fingerprint density at radius 2 is 1.46 bits per heavy atom. The van der Waals surface area contributed by atoms with Gasteiger partial charge in [-0.05, 0) is 66.1 Å². The van der Waals surface area contributed by atoms with E-state index >= 15 is 0 Å². The number of rotatable bonds is 9. The Morgan fingerprint density at radius 3 is 2.03 bits per heavy atom. The molecular weight excluding hydrogens is 474 g/mol. The number of methoxy groups -OCH3 is 1. The number of nitrogens with zero attached hydrogens (tertiary/aromatic N) is 1. The number of carboxylic acid groups (broad SMARTS) is 1. The Labute approximate surface area is 214 Å². The van der Waals surface area contributed by atoms with Crippen LogP contribution >= 0.6 is 0 Å². The molecule has 8 heteroatoms. The average Bonchev–Trinajstić information content (AvgIpc) is 3.17. The highest BCUT2D eigenvalue weighted by molar-refractivity contribution is 6.46. The molecule has 190 valence electrons. The van der Waals surface area contributed by atoms with Crippen molar-refractivity contribution in [1.82, 2.24) is 4.90 Å². The van der Waals surface area contributed by atoms with Crippen molar-refractivity contribution in [1.29, 1.82) is 0 Å². The van der Waals surface area contributed by atoms with Crippen molar-refractivity contribution in [3.63, 3.8) is 0 Å². The lowest BCUT2D eigenvalue weighted by Gasteiger charge is -2.25. The number of Topliss-reactive ketones (excluding diaryl/α,β-unsaturated/α-hetero) is 1. The molecule has 1 unspecified atom stereocenters. The van der Waals surface area contributed by atoms with Gasteiger partial charge in [-0.2, -0.15) is 0 Å². The summed E-state index contributed by atoms with van der Waals surface area (Å²) in [6.45, 7) is 2.60. The lowest BCUT2D eigenvalue weighted by atomic mass is 9.95. The molecule has 1 aliphatic rings. The van der Waals surface area contributed by atoms with E-state index in [0.29, 0.717) is 34.8 Å². The summed E-state index contributed by atoms with van der Waals surface area (Å²) in [4.78, 5) is 39.0. The maximum Gasteiger partial charge on any atom is 0.335 e. The third kappa shape index (κ3) is 5.33. The van der Waals surface area contributed by atoms with Crippen LogP contribution in [-0.4, -0.2) is 46.5 Å². The monoisotopic (exact) mass is 501 g/mol. The van der Waals surface area contributed by atoms with Crippen molar-refractivity contribution in [2.75, 3.05) is 13.7 Å². The van der Waals surface area contributed by atoms with Crippen molar-refractivity contribution in [3.05, 3.63) is 101 Å². The number of amides is 1. The molecular formula is C29H27NO7.